The number of hydrogen-bond donors (Lipinski definition) is 1. The summed E-state index contributed by atoms with van der Waals surface area (Å²) >= 11 is 0. The highest BCUT2D eigenvalue weighted by Gasteiger charge is 2.30. The Balaban J connectivity index is 1.63. The van der Waals surface area contributed by atoms with E-state index >= 15 is 0 Å². The van der Waals surface area contributed by atoms with Gasteiger partial charge in [0, 0.05) is 6.54 Å². The van der Waals surface area contributed by atoms with Crippen LogP contribution in [-0.2, 0) is 6.54 Å². The van der Waals surface area contributed by atoms with Crippen LogP contribution in [0.15, 0.2) is 36.4 Å². The van der Waals surface area contributed by atoms with Crippen molar-refractivity contribution < 1.29 is 17.9 Å². The lowest BCUT2D eigenvalue weighted by Crippen LogP contribution is -2.17. The summed E-state index contributed by atoms with van der Waals surface area (Å²) in [5, 5.41) is 18.0. The summed E-state index contributed by atoms with van der Waals surface area (Å²) in [4.78, 5) is 0. The van der Waals surface area contributed by atoms with Gasteiger partial charge in [-0.15, -0.1) is 28.0 Å². The molecule has 0 aliphatic heterocycles. The predicted octanol–water partition coefficient (Wildman–Crippen LogP) is 2.03. The number of ether oxygens (including phenoxy) is 1. The molecule has 7 nitrogen and oxygen atoms in total. The lowest BCUT2D eigenvalue weighted by molar-refractivity contribution is -0.274. The van der Waals surface area contributed by atoms with Gasteiger partial charge in [0.25, 0.3) is 0 Å². The SMILES string of the molecule is FC(F)(F)Oc1ccc(CNc2ccc3nnnn3n2)cc1. The van der Waals surface area contributed by atoms with Gasteiger partial charge in [0.15, 0.2) is 5.65 Å². The smallest absolute Gasteiger partial charge is 0.406 e. The molecule has 0 saturated heterocycles. The van der Waals surface area contributed by atoms with Crippen molar-refractivity contribution in [1.82, 2.24) is 25.3 Å². The molecule has 0 radical (unpaired) electrons. The van der Waals surface area contributed by atoms with E-state index in [1.807, 2.05) is 0 Å². The molecule has 0 saturated carbocycles. The van der Waals surface area contributed by atoms with E-state index < -0.39 is 6.36 Å². The molecule has 114 valence electrons. The number of rotatable bonds is 4. The second-order valence-corrected chi connectivity index (χ2v) is 4.29. The summed E-state index contributed by atoms with van der Waals surface area (Å²) in [5.41, 5.74) is 1.28. The van der Waals surface area contributed by atoms with Crippen LogP contribution >= 0.6 is 0 Å². The van der Waals surface area contributed by atoms with Crippen LogP contribution in [0, 0.1) is 0 Å². The first kappa shape index (κ1) is 14.0. The van der Waals surface area contributed by atoms with Crippen molar-refractivity contribution in [3.63, 3.8) is 0 Å². The molecule has 3 rings (SSSR count). The average molecular weight is 310 g/mol. The molecule has 0 fully saturated rings. The molecule has 0 aliphatic rings. The number of alkyl halides is 3. The van der Waals surface area contributed by atoms with Crippen molar-refractivity contribution in [1.29, 1.82) is 0 Å². The number of aromatic nitrogens is 5. The van der Waals surface area contributed by atoms with Crippen LogP contribution < -0.4 is 10.1 Å². The van der Waals surface area contributed by atoms with E-state index in [0.29, 0.717) is 18.0 Å². The molecule has 0 atom stereocenters. The van der Waals surface area contributed by atoms with Crippen LogP contribution in [0.3, 0.4) is 0 Å². The Labute approximate surface area is 121 Å². The third-order valence-electron chi connectivity index (χ3n) is 2.70. The van der Waals surface area contributed by atoms with Gasteiger partial charge in [0.1, 0.15) is 11.6 Å². The maximum Gasteiger partial charge on any atom is 0.573 e. The Morgan fingerprint density at radius 3 is 2.59 bits per heavy atom. The molecule has 0 unspecified atom stereocenters. The predicted molar refractivity (Wildman–Crippen MR) is 69.0 cm³/mol. The summed E-state index contributed by atoms with van der Waals surface area (Å²) in [5.74, 6) is 0.278. The van der Waals surface area contributed by atoms with Gasteiger partial charge in [-0.2, -0.15) is 0 Å². The highest BCUT2D eigenvalue weighted by atomic mass is 19.4. The fraction of sp³-hybridized carbons (Fsp3) is 0.167. The molecule has 10 heteroatoms. The van der Waals surface area contributed by atoms with Crippen molar-refractivity contribution in [3.05, 3.63) is 42.0 Å². The van der Waals surface area contributed by atoms with Crippen LogP contribution in [-0.4, -0.2) is 31.6 Å². The van der Waals surface area contributed by atoms with Crippen LogP contribution in [0.2, 0.25) is 0 Å². The van der Waals surface area contributed by atoms with Gasteiger partial charge in [-0.3, -0.25) is 0 Å². The Morgan fingerprint density at radius 2 is 1.86 bits per heavy atom. The fourth-order valence-electron chi connectivity index (χ4n) is 1.75. The van der Waals surface area contributed by atoms with Crippen LogP contribution in [0.1, 0.15) is 5.56 Å². The zero-order valence-electron chi connectivity index (χ0n) is 10.9. The zero-order chi connectivity index (χ0) is 15.6. The molecule has 0 aliphatic carbocycles. The molecule has 0 amide bonds. The molecule has 1 aromatic carbocycles. The highest BCUT2D eigenvalue weighted by molar-refractivity contribution is 5.42. The van der Waals surface area contributed by atoms with Gasteiger partial charge in [0.05, 0.1) is 0 Å². The van der Waals surface area contributed by atoms with Gasteiger partial charge >= 0.3 is 6.36 Å². The van der Waals surface area contributed by atoms with Gasteiger partial charge in [-0.1, -0.05) is 12.1 Å². The van der Waals surface area contributed by atoms with Crippen molar-refractivity contribution in [2.45, 2.75) is 12.9 Å². The minimum atomic E-state index is -4.69. The topological polar surface area (TPSA) is 77.2 Å². The number of halogens is 3. The number of nitrogens with one attached hydrogen (secondary N) is 1. The van der Waals surface area contributed by atoms with Gasteiger partial charge < -0.3 is 10.1 Å². The first-order valence-corrected chi connectivity index (χ1v) is 6.14. The quantitative estimate of drug-likeness (QED) is 0.794. The Morgan fingerprint density at radius 1 is 1.09 bits per heavy atom. The standard InChI is InChI=1S/C12H9F3N6O/c13-12(14,15)22-9-3-1-8(2-4-9)7-16-10-5-6-11-17-19-20-21(11)18-10/h1-6H,7H2,(H,16,18). The van der Waals surface area contributed by atoms with Crippen molar-refractivity contribution in [3.8, 4) is 5.75 Å². The molecule has 2 aromatic heterocycles. The Kier molecular flexibility index (Phi) is 3.49. The van der Waals surface area contributed by atoms with Crippen LogP contribution in [0.5, 0.6) is 5.75 Å². The first-order valence-electron chi connectivity index (χ1n) is 6.14. The highest BCUT2D eigenvalue weighted by Crippen LogP contribution is 2.22. The number of anilines is 1. The van der Waals surface area contributed by atoms with E-state index in [2.05, 4.69) is 30.7 Å². The van der Waals surface area contributed by atoms with E-state index in [9.17, 15) is 13.2 Å². The maximum absolute atomic E-state index is 12.1. The summed E-state index contributed by atoms with van der Waals surface area (Å²) in [7, 11) is 0. The third kappa shape index (κ3) is 3.40. The van der Waals surface area contributed by atoms with E-state index in [4.69, 9.17) is 0 Å². The number of fused-ring (bicyclic) bond motifs is 1. The average Bonchev–Trinajstić information content (AvgIpc) is 2.92. The van der Waals surface area contributed by atoms with Gasteiger partial charge in [-0.25, -0.2) is 0 Å². The first-order chi connectivity index (χ1) is 10.5. The van der Waals surface area contributed by atoms with Crippen molar-refractivity contribution in [2.75, 3.05) is 5.32 Å². The minimum absolute atomic E-state index is 0.260. The molecule has 3 aromatic rings. The molecular formula is C12H9F3N6O. The van der Waals surface area contributed by atoms with Crippen molar-refractivity contribution >= 4 is 11.5 Å². The third-order valence-corrected chi connectivity index (χ3v) is 2.70. The number of hydrogen-bond acceptors (Lipinski definition) is 6. The lowest BCUT2D eigenvalue weighted by Gasteiger charge is -2.09. The Hall–Kier alpha value is -2.91. The Bertz CT molecular complexity index is 770. The molecule has 0 bridgehead atoms. The second-order valence-electron chi connectivity index (χ2n) is 4.29. The van der Waals surface area contributed by atoms with E-state index in [0.717, 1.165) is 5.56 Å². The molecule has 2 heterocycles. The van der Waals surface area contributed by atoms with E-state index in [1.54, 1.807) is 12.1 Å². The van der Waals surface area contributed by atoms with Crippen molar-refractivity contribution in [2.24, 2.45) is 0 Å². The van der Waals surface area contributed by atoms with Gasteiger partial charge in [-0.05, 0) is 40.3 Å². The molecule has 0 spiro atoms. The number of benzene rings is 1. The summed E-state index contributed by atoms with van der Waals surface area (Å²) in [6, 6.07) is 8.96. The minimum Gasteiger partial charge on any atom is -0.406 e. The molecule has 22 heavy (non-hydrogen) atoms. The fourth-order valence-corrected chi connectivity index (χ4v) is 1.75. The largest absolute Gasteiger partial charge is 0.573 e. The maximum atomic E-state index is 12.1. The van der Waals surface area contributed by atoms with Crippen LogP contribution in [0.25, 0.3) is 5.65 Å². The van der Waals surface area contributed by atoms with E-state index in [1.165, 1.54) is 28.9 Å². The molecule has 1 N–H and O–H groups in total. The number of tetrazole rings is 1. The second kappa shape index (κ2) is 5.47. The normalized spacial score (nSPS) is 11.6. The summed E-state index contributed by atoms with van der Waals surface area (Å²) < 4.78 is 41.2. The van der Waals surface area contributed by atoms with E-state index in [-0.39, 0.29) is 5.75 Å². The van der Waals surface area contributed by atoms with Crippen LogP contribution in [0.4, 0.5) is 19.0 Å². The lowest BCUT2D eigenvalue weighted by atomic mass is 10.2. The summed E-state index contributed by atoms with van der Waals surface area (Å²) in [6.07, 6.45) is -4.69. The monoisotopic (exact) mass is 310 g/mol. The zero-order valence-corrected chi connectivity index (χ0v) is 10.9. The number of nitrogens with zero attached hydrogens (tertiary/aromatic N) is 5. The summed E-state index contributed by atoms with van der Waals surface area (Å²) in [6.45, 7) is 0.382. The molecular weight excluding hydrogens is 301 g/mol. The van der Waals surface area contributed by atoms with Gasteiger partial charge in [0.2, 0.25) is 0 Å².